The number of carbonyl (C=O) groups is 1. The van der Waals surface area contributed by atoms with Crippen LogP contribution in [0.15, 0.2) is 12.7 Å². The van der Waals surface area contributed by atoms with Crippen LogP contribution in [0.1, 0.15) is 6.42 Å². The van der Waals surface area contributed by atoms with Crippen molar-refractivity contribution in [3.8, 4) is 0 Å². The lowest BCUT2D eigenvalue weighted by Crippen LogP contribution is -2.47. The van der Waals surface area contributed by atoms with Crippen LogP contribution in [-0.2, 0) is 4.74 Å². The van der Waals surface area contributed by atoms with Gasteiger partial charge in [-0.25, -0.2) is 4.79 Å². The molecule has 12 heavy (non-hydrogen) atoms. The van der Waals surface area contributed by atoms with Gasteiger partial charge in [-0.1, -0.05) is 6.08 Å². The van der Waals surface area contributed by atoms with E-state index in [2.05, 4.69) is 6.58 Å². The van der Waals surface area contributed by atoms with Gasteiger partial charge in [0.1, 0.15) is 0 Å². The average molecular weight is 171 g/mol. The number of hydrogen-bond donors (Lipinski definition) is 1. The molecule has 1 aliphatic rings. The van der Waals surface area contributed by atoms with Crippen LogP contribution in [0.4, 0.5) is 4.79 Å². The highest BCUT2D eigenvalue weighted by molar-refractivity contribution is 5.69. The number of aliphatic hydroxyl groups excluding tert-OH is 1. The summed E-state index contributed by atoms with van der Waals surface area (Å²) in [5.74, 6) is 0. The van der Waals surface area contributed by atoms with Gasteiger partial charge in [-0.2, -0.15) is 0 Å². The van der Waals surface area contributed by atoms with E-state index in [1.807, 2.05) is 0 Å². The fourth-order valence-electron chi connectivity index (χ4n) is 1.22. The van der Waals surface area contributed by atoms with E-state index >= 15 is 0 Å². The summed E-state index contributed by atoms with van der Waals surface area (Å²) >= 11 is 0. The van der Waals surface area contributed by atoms with Gasteiger partial charge in [-0.3, -0.25) is 4.90 Å². The monoisotopic (exact) mass is 171 g/mol. The molecule has 4 heteroatoms. The first-order valence-corrected chi connectivity index (χ1v) is 3.94. The molecule has 1 N–H and O–H groups in total. The summed E-state index contributed by atoms with van der Waals surface area (Å²) in [6, 6.07) is -0.107. The molecular weight excluding hydrogens is 158 g/mol. The van der Waals surface area contributed by atoms with Gasteiger partial charge in [0.15, 0.2) is 0 Å². The Morgan fingerprint density at radius 2 is 2.58 bits per heavy atom. The van der Waals surface area contributed by atoms with Gasteiger partial charge in [-0.05, 0) is 0 Å². The summed E-state index contributed by atoms with van der Waals surface area (Å²) in [5, 5.41) is 8.92. The van der Waals surface area contributed by atoms with E-state index in [4.69, 9.17) is 9.84 Å². The molecule has 0 spiro atoms. The van der Waals surface area contributed by atoms with E-state index in [0.717, 1.165) is 0 Å². The van der Waals surface area contributed by atoms with Crippen molar-refractivity contribution in [1.82, 2.24) is 4.90 Å². The van der Waals surface area contributed by atoms with Crippen molar-refractivity contribution in [2.45, 2.75) is 12.5 Å². The Morgan fingerprint density at radius 1 is 1.83 bits per heavy atom. The largest absolute Gasteiger partial charge is 0.449 e. The molecule has 0 radical (unpaired) electrons. The van der Waals surface area contributed by atoms with Crippen molar-refractivity contribution in [2.75, 3.05) is 19.8 Å². The van der Waals surface area contributed by atoms with Crippen LogP contribution in [0, 0.1) is 0 Å². The molecular formula is C8H13NO3. The van der Waals surface area contributed by atoms with Crippen LogP contribution in [0.3, 0.4) is 0 Å². The Bertz CT molecular complexity index is 181. The van der Waals surface area contributed by atoms with Crippen LogP contribution < -0.4 is 0 Å². The minimum atomic E-state index is -0.361. The SMILES string of the molecule is C=CCN1C(=O)OCCC1CO. The first-order chi connectivity index (χ1) is 5.79. The summed E-state index contributed by atoms with van der Waals surface area (Å²) in [6.07, 6.45) is 1.95. The van der Waals surface area contributed by atoms with Crippen LogP contribution in [0.2, 0.25) is 0 Å². The lowest BCUT2D eigenvalue weighted by atomic mass is 10.2. The van der Waals surface area contributed by atoms with E-state index < -0.39 is 0 Å². The average Bonchev–Trinajstić information content (AvgIpc) is 2.09. The molecule has 1 saturated heterocycles. The third-order valence-electron chi connectivity index (χ3n) is 1.89. The van der Waals surface area contributed by atoms with Crippen LogP contribution in [0.25, 0.3) is 0 Å². The van der Waals surface area contributed by atoms with E-state index in [-0.39, 0.29) is 18.7 Å². The highest BCUT2D eigenvalue weighted by Crippen LogP contribution is 2.12. The zero-order valence-corrected chi connectivity index (χ0v) is 6.90. The number of rotatable bonds is 3. The molecule has 1 atom stereocenters. The Labute approximate surface area is 71.4 Å². The third-order valence-corrected chi connectivity index (χ3v) is 1.89. The fourth-order valence-corrected chi connectivity index (χ4v) is 1.22. The molecule has 0 aliphatic carbocycles. The van der Waals surface area contributed by atoms with Gasteiger partial charge in [0.2, 0.25) is 0 Å². The second-order valence-electron chi connectivity index (χ2n) is 2.68. The zero-order valence-electron chi connectivity index (χ0n) is 6.90. The fraction of sp³-hybridized carbons (Fsp3) is 0.625. The molecule has 1 rings (SSSR count). The normalized spacial score (nSPS) is 23.6. The Balaban J connectivity index is 2.58. The van der Waals surface area contributed by atoms with Gasteiger partial charge in [0.05, 0.1) is 19.3 Å². The van der Waals surface area contributed by atoms with E-state index in [1.54, 1.807) is 6.08 Å². The van der Waals surface area contributed by atoms with Gasteiger partial charge < -0.3 is 9.84 Å². The summed E-state index contributed by atoms with van der Waals surface area (Å²) in [5.41, 5.74) is 0. The minimum absolute atomic E-state index is 0.0110. The second kappa shape index (κ2) is 4.11. The Morgan fingerprint density at radius 3 is 3.17 bits per heavy atom. The molecule has 1 amide bonds. The Kier molecular flexibility index (Phi) is 3.10. The lowest BCUT2D eigenvalue weighted by Gasteiger charge is -2.32. The molecule has 4 nitrogen and oxygen atoms in total. The molecule has 1 heterocycles. The quantitative estimate of drug-likeness (QED) is 0.624. The summed E-state index contributed by atoms with van der Waals surface area (Å²) in [6.45, 7) is 4.35. The molecule has 0 aromatic heterocycles. The standard InChI is InChI=1S/C8H13NO3/c1-2-4-9-7(6-10)3-5-12-8(9)11/h2,7,10H,1,3-6H2. The first-order valence-electron chi connectivity index (χ1n) is 3.94. The molecule has 0 aromatic rings. The molecule has 1 unspecified atom stereocenters. The minimum Gasteiger partial charge on any atom is -0.449 e. The lowest BCUT2D eigenvalue weighted by molar-refractivity contribution is 0.0305. The number of nitrogens with zero attached hydrogens (tertiary/aromatic N) is 1. The number of cyclic esters (lactones) is 1. The van der Waals surface area contributed by atoms with Gasteiger partial charge >= 0.3 is 6.09 Å². The summed E-state index contributed by atoms with van der Waals surface area (Å²) < 4.78 is 4.80. The van der Waals surface area contributed by atoms with Crippen molar-refractivity contribution in [3.63, 3.8) is 0 Å². The maximum absolute atomic E-state index is 11.1. The summed E-state index contributed by atoms with van der Waals surface area (Å²) in [7, 11) is 0. The molecule has 68 valence electrons. The molecule has 1 aliphatic heterocycles. The maximum Gasteiger partial charge on any atom is 0.410 e. The topological polar surface area (TPSA) is 49.8 Å². The van der Waals surface area contributed by atoms with Crippen LogP contribution >= 0.6 is 0 Å². The smallest absolute Gasteiger partial charge is 0.410 e. The van der Waals surface area contributed by atoms with Crippen LogP contribution in [0.5, 0.6) is 0 Å². The summed E-state index contributed by atoms with van der Waals surface area (Å²) in [4.78, 5) is 12.6. The molecule has 0 aromatic carbocycles. The van der Waals surface area contributed by atoms with Crippen LogP contribution in [-0.4, -0.2) is 41.9 Å². The Hall–Kier alpha value is -1.03. The van der Waals surface area contributed by atoms with Crippen molar-refractivity contribution in [1.29, 1.82) is 0 Å². The molecule has 0 bridgehead atoms. The number of aliphatic hydroxyl groups is 1. The predicted molar refractivity (Wildman–Crippen MR) is 43.7 cm³/mol. The van der Waals surface area contributed by atoms with Crippen molar-refractivity contribution in [3.05, 3.63) is 12.7 Å². The van der Waals surface area contributed by atoms with Crippen molar-refractivity contribution in [2.24, 2.45) is 0 Å². The zero-order chi connectivity index (χ0) is 8.97. The highest BCUT2D eigenvalue weighted by Gasteiger charge is 2.27. The number of ether oxygens (including phenoxy) is 1. The first kappa shape index (κ1) is 9.06. The number of hydrogen-bond acceptors (Lipinski definition) is 3. The van der Waals surface area contributed by atoms with E-state index in [9.17, 15) is 4.79 Å². The van der Waals surface area contributed by atoms with Gasteiger partial charge in [0, 0.05) is 13.0 Å². The van der Waals surface area contributed by atoms with E-state index in [0.29, 0.717) is 19.6 Å². The predicted octanol–water partition coefficient (Wildman–Crippen LogP) is 0.376. The van der Waals surface area contributed by atoms with Gasteiger partial charge in [0.25, 0.3) is 0 Å². The maximum atomic E-state index is 11.1. The third kappa shape index (κ3) is 1.76. The molecule has 0 saturated carbocycles. The highest BCUT2D eigenvalue weighted by atomic mass is 16.6. The second-order valence-corrected chi connectivity index (χ2v) is 2.68. The van der Waals surface area contributed by atoms with E-state index in [1.165, 1.54) is 4.90 Å². The van der Waals surface area contributed by atoms with Gasteiger partial charge in [-0.15, -0.1) is 6.58 Å². The number of amides is 1. The molecule has 1 fully saturated rings. The van der Waals surface area contributed by atoms with Crippen molar-refractivity contribution < 1.29 is 14.6 Å². The number of carbonyl (C=O) groups excluding carboxylic acids is 1. The van der Waals surface area contributed by atoms with Crippen molar-refractivity contribution >= 4 is 6.09 Å².